The molecule has 2 aromatic heterocycles. The predicted octanol–water partition coefficient (Wildman–Crippen LogP) is 2.95. The van der Waals surface area contributed by atoms with E-state index in [9.17, 15) is 9.18 Å². The number of hydrogen-bond donors (Lipinski definition) is 0. The highest BCUT2D eigenvalue weighted by Crippen LogP contribution is 2.28. The van der Waals surface area contributed by atoms with Crippen molar-refractivity contribution in [1.82, 2.24) is 24.4 Å². The Labute approximate surface area is 156 Å². The molecule has 27 heavy (non-hydrogen) atoms. The molecule has 1 saturated heterocycles. The van der Waals surface area contributed by atoms with Crippen molar-refractivity contribution in [3.63, 3.8) is 0 Å². The number of nitrogens with zero attached hydrogens (tertiary/aromatic N) is 5. The van der Waals surface area contributed by atoms with Crippen LogP contribution < -0.4 is 0 Å². The van der Waals surface area contributed by atoms with Crippen molar-refractivity contribution in [3.8, 4) is 11.5 Å². The number of halogens is 1. The van der Waals surface area contributed by atoms with Crippen molar-refractivity contribution < 1.29 is 9.18 Å². The van der Waals surface area contributed by atoms with Gasteiger partial charge in [0.2, 0.25) is 0 Å². The largest absolute Gasteiger partial charge is 0.338 e. The van der Waals surface area contributed by atoms with E-state index in [0.29, 0.717) is 18.9 Å². The van der Waals surface area contributed by atoms with E-state index in [1.54, 1.807) is 23.2 Å². The summed E-state index contributed by atoms with van der Waals surface area (Å²) in [6.07, 6.45) is 4.36. The van der Waals surface area contributed by atoms with Crippen LogP contribution in [0.1, 0.15) is 34.2 Å². The molecule has 7 heteroatoms. The number of rotatable bonds is 3. The fourth-order valence-corrected chi connectivity index (χ4v) is 3.46. The molecule has 0 spiro atoms. The Kier molecular flexibility index (Phi) is 4.43. The SMILES string of the molecule is Cc1cc(-c2nccn2C)nc(C2CCN(C(=O)c3ccccc3F)C2)n1. The molecular formula is C20H20FN5O. The first-order chi connectivity index (χ1) is 13.0. The zero-order chi connectivity index (χ0) is 19.0. The van der Waals surface area contributed by atoms with E-state index in [2.05, 4.69) is 9.97 Å². The summed E-state index contributed by atoms with van der Waals surface area (Å²) >= 11 is 0. The maximum absolute atomic E-state index is 13.9. The smallest absolute Gasteiger partial charge is 0.256 e. The molecule has 1 aromatic carbocycles. The number of aromatic nitrogens is 4. The summed E-state index contributed by atoms with van der Waals surface area (Å²) in [6.45, 7) is 2.97. The normalized spacial score (nSPS) is 16.7. The Bertz CT molecular complexity index is 1000. The monoisotopic (exact) mass is 365 g/mol. The third-order valence-corrected chi connectivity index (χ3v) is 4.87. The summed E-state index contributed by atoms with van der Waals surface area (Å²) in [5.74, 6) is 0.734. The Morgan fingerprint density at radius 1 is 1.26 bits per heavy atom. The molecule has 1 amide bonds. The highest BCUT2D eigenvalue weighted by molar-refractivity contribution is 5.94. The van der Waals surface area contributed by atoms with E-state index in [0.717, 1.165) is 23.6 Å². The summed E-state index contributed by atoms with van der Waals surface area (Å²) in [6, 6.07) is 7.99. The zero-order valence-corrected chi connectivity index (χ0v) is 15.3. The van der Waals surface area contributed by atoms with Crippen LogP contribution in [0.25, 0.3) is 11.5 Å². The number of carbonyl (C=O) groups excluding carboxylic acids is 1. The second kappa shape index (κ2) is 6.90. The highest BCUT2D eigenvalue weighted by atomic mass is 19.1. The van der Waals surface area contributed by atoms with Gasteiger partial charge in [-0.05, 0) is 31.5 Å². The molecule has 1 unspecified atom stereocenters. The van der Waals surface area contributed by atoms with Gasteiger partial charge in [-0.1, -0.05) is 12.1 Å². The van der Waals surface area contributed by atoms with E-state index in [-0.39, 0.29) is 17.4 Å². The summed E-state index contributed by atoms with van der Waals surface area (Å²) in [5.41, 5.74) is 1.73. The van der Waals surface area contributed by atoms with Gasteiger partial charge in [0, 0.05) is 44.1 Å². The molecule has 0 aliphatic carbocycles. The van der Waals surface area contributed by atoms with Gasteiger partial charge >= 0.3 is 0 Å². The first kappa shape index (κ1) is 17.3. The van der Waals surface area contributed by atoms with E-state index in [4.69, 9.17) is 4.98 Å². The summed E-state index contributed by atoms with van der Waals surface area (Å²) < 4.78 is 15.8. The van der Waals surface area contributed by atoms with Crippen LogP contribution >= 0.6 is 0 Å². The van der Waals surface area contributed by atoms with Crippen molar-refractivity contribution in [1.29, 1.82) is 0 Å². The summed E-state index contributed by atoms with van der Waals surface area (Å²) in [4.78, 5) is 27.9. The molecule has 0 radical (unpaired) electrons. The third-order valence-electron chi connectivity index (χ3n) is 4.87. The second-order valence-electron chi connectivity index (χ2n) is 6.83. The quantitative estimate of drug-likeness (QED) is 0.716. The molecule has 138 valence electrons. The molecule has 0 saturated carbocycles. The van der Waals surface area contributed by atoms with Crippen LogP contribution in [-0.2, 0) is 7.05 Å². The van der Waals surface area contributed by atoms with Gasteiger partial charge < -0.3 is 9.47 Å². The minimum atomic E-state index is -0.491. The molecule has 0 bridgehead atoms. The van der Waals surface area contributed by atoms with Gasteiger partial charge in [-0.2, -0.15) is 0 Å². The average molecular weight is 365 g/mol. The van der Waals surface area contributed by atoms with E-state index < -0.39 is 5.82 Å². The maximum atomic E-state index is 13.9. The van der Waals surface area contributed by atoms with Crippen molar-refractivity contribution in [3.05, 3.63) is 65.6 Å². The number of amides is 1. The number of carbonyl (C=O) groups is 1. The first-order valence-corrected chi connectivity index (χ1v) is 8.90. The maximum Gasteiger partial charge on any atom is 0.256 e. The molecule has 1 aliphatic heterocycles. The van der Waals surface area contributed by atoms with Crippen molar-refractivity contribution in [2.45, 2.75) is 19.3 Å². The standard InChI is InChI=1S/C20H20FN5O/c1-13-11-17(19-22-8-10-25(19)2)24-18(23-13)14-7-9-26(12-14)20(27)15-5-3-4-6-16(15)21/h3-6,8,10-11,14H,7,9,12H2,1-2H3. The van der Waals surface area contributed by atoms with Gasteiger partial charge in [0.25, 0.3) is 5.91 Å². The van der Waals surface area contributed by atoms with E-state index in [1.807, 2.05) is 30.8 Å². The fourth-order valence-electron chi connectivity index (χ4n) is 3.46. The Morgan fingerprint density at radius 3 is 2.81 bits per heavy atom. The van der Waals surface area contributed by atoms with Crippen LogP contribution in [0, 0.1) is 12.7 Å². The molecule has 1 aliphatic rings. The number of likely N-dealkylation sites (tertiary alicyclic amines) is 1. The van der Waals surface area contributed by atoms with Gasteiger partial charge in [-0.3, -0.25) is 4.79 Å². The van der Waals surface area contributed by atoms with Gasteiger partial charge in [0.05, 0.1) is 5.56 Å². The van der Waals surface area contributed by atoms with Gasteiger partial charge in [0.1, 0.15) is 17.3 Å². The van der Waals surface area contributed by atoms with E-state index in [1.165, 1.54) is 12.1 Å². The van der Waals surface area contributed by atoms with Crippen molar-refractivity contribution in [2.75, 3.05) is 13.1 Å². The lowest BCUT2D eigenvalue weighted by Crippen LogP contribution is -2.29. The molecule has 3 aromatic rings. The Hall–Kier alpha value is -3.09. The number of imidazole rings is 1. The summed E-state index contributed by atoms with van der Waals surface area (Å²) in [5, 5.41) is 0. The molecule has 3 heterocycles. The van der Waals surface area contributed by atoms with Gasteiger partial charge in [0.15, 0.2) is 5.82 Å². The fraction of sp³-hybridized carbons (Fsp3) is 0.300. The number of aryl methyl sites for hydroxylation is 2. The molecular weight excluding hydrogens is 345 g/mol. The number of hydrogen-bond acceptors (Lipinski definition) is 4. The first-order valence-electron chi connectivity index (χ1n) is 8.90. The van der Waals surface area contributed by atoms with Gasteiger partial charge in [-0.25, -0.2) is 19.3 Å². The van der Waals surface area contributed by atoms with Crippen molar-refractivity contribution >= 4 is 5.91 Å². The summed E-state index contributed by atoms with van der Waals surface area (Å²) in [7, 11) is 1.92. The number of benzene rings is 1. The zero-order valence-electron chi connectivity index (χ0n) is 15.3. The predicted molar refractivity (Wildman–Crippen MR) is 98.6 cm³/mol. The molecule has 4 rings (SSSR count). The Balaban J connectivity index is 1.57. The lowest BCUT2D eigenvalue weighted by atomic mass is 10.1. The molecule has 0 N–H and O–H groups in total. The lowest BCUT2D eigenvalue weighted by molar-refractivity contribution is 0.0786. The molecule has 1 fully saturated rings. The Morgan fingerprint density at radius 2 is 2.07 bits per heavy atom. The van der Waals surface area contributed by atoms with Crippen LogP contribution in [0.15, 0.2) is 42.7 Å². The topological polar surface area (TPSA) is 63.9 Å². The minimum absolute atomic E-state index is 0.0274. The lowest BCUT2D eigenvalue weighted by Gasteiger charge is -2.17. The van der Waals surface area contributed by atoms with Crippen LogP contribution in [0.2, 0.25) is 0 Å². The molecule has 1 atom stereocenters. The van der Waals surface area contributed by atoms with Crippen LogP contribution in [-0.4, -0.2) is 43.4 Å². The third kappa shape index (κ3) is 3.32. The van der Waals surface area contributed by atoms with Crippen molar-refractivity contribution in [2.24, 2.45) is 7.05 Å². The van der Waals surface area contributed by atoms with E-state index >= 15 is 0 Å². The second-order valence-corrected chi connectivity index (χ2v) is 6.83. The van der Waals surface area contributed by atoms with Crippen LogP contribution in [0.5, 0.6) is 0 Å². The minimum Gasteiger partial charge on any atom is -0.338 e. The molecule has 6 nitrogen and oxygen atoms in total. The van der Waals surface area contributed by atoms with Crippen LogP contribution in [0.3, 0.4) is 0 Å². The highest BCUT2D eigenvalue weighted by Gasteiger charge is 2.31. The average Bonchev–Trinajstić information content (AvgIpc) is 3.30. The van der Waals surface area contributed by atoms with Crippen LogP contribution in [0.4, 0.5) is 4.39 Å². The van der Waals surface area contributed by atoms with Gasteiger partial charge in [-0.15, -0.1) is 0 Å².